The minimum Gasteiger partial charge on any atom is -0.507 e. The van der Waals surface area contributed by atoms with Crippen molar-refractivity contribution in [1.82, 2.24) is 0 Å². The zero-order valence-electron chi connectivity index (χ0n) is 6.03. The van der Waals surface area contributed by atoms with Crippen molar-refractivity contribution in [3.63, 3.8) is 0 Å². The molecule has 1 rings (SSSR count). The molecule has 0 saturated heterocycles. The summed E-state index contributed by atoms with van der Waals surface area (Å²) in [6.07, 6.45) is 1.18. The third kappa shape index (κ3) is 1.81. The van der Waals surface area contributed by atoms with Gasteiger partial charge in [0.15, 0.2) is 0 Å². The van der Waals surface area contributed by atoms with Crippen LogP contribution < -0.4 is 5.63 Å². The van der Waals surface area contributed by atoms with Crippen molar-refractivity contribution in [1.29, 1.82) is 0 Å². The molecule has 0 aliphatic rings. The van der Waals surface area contributed by atoms with Crippen LogP contribution in [0.5, 0.6) is 5.75 Å². The second kappa shape index (κ2) is 3.21. The van der Waals surface area contributed by atoms with Gasteiger partial charge >= 0.3 is 5.63 Å². The first kappa shape index (κ1) is 7.81. The van der Waals surface area contributed by atoms with Gasteiger partial charge in [0, 0.05) is 7.11 Å². The predicted octanol–water partition coefficient (Wildman–Crippen LogP) is 0.492. The number of aromatic hydroxyl groups is 1. The Morgan fingerprint density at radius 1 is 1.73 bits per heavy atom. The standard InChI is InChI=1S/C7H8O4/c1-10-3-5-4-11-7(9)2-6(5)8/h2,4,8H,3H2,1H3. The molecule has 11 heavy (non-hydrogen) atoms. The van der Waals surface area contributed by atoms with Crippen LogP contribution in [0.3, 0.4) is 0 Å². The summed E-state index contributed by atoms with van der Waals surface area (Å²) >= 11 is 0. The minimum atomic E-state index is -0.567. The van der Waals surface area contributed by atoms with E-state index in [1.54, 1.807) is 0 Å². The van der Waals surface area contributed by atoms with Crippen molar-refractivity contribution in [2.75, 3.05) is 7.11 Å². The van der Waals surface area contributed by atoms with Crippen LogP contribution in [0.1, 0.15) is 5.56 Å². The van der Waals surface area contributed by atoms with Gasteiger partial charge in [0.05, 0.1) is 18.2 Å². The van der Waals surface area contributed by atoms with Crippen molar-refractivity contribution in [3.8, 4) is 5.75 Å². The maximum Gasteiger partial charge on any atom is 0.339 e. The van der Waals surface area contributed by atoms with E-state index in [0.717, 1.165) is 6.07 Å². The second-order valence-electron chi connectivity index (χ2n) is 2.04. The normalized spacial score (nSPS) is 9.91. The average Bonchev–Trinajstić information content (AvgIpc) is 1.95. The van der Waals surface area contributed by atoms with E-state index < -0.39 is 5.63 Å². The van der Waals surface area contributed by atoms with E-state index >= 15 is 0 Å². The molecule has 0 aliphatic heterocycles. The number of methoxy groups -OCH3 is 1. The second-order valence-corrected chi connectivity index (χ2v) is 2.04. The highest BCUT2D eigenvalue weighted by Gasteiger charge is 2.01. The molecule has 1 N–H and O–H groups in total. The molecule has 1 aromatic heterocycles. The Balaban J connectivity index is 2.99. The Kier molecular flexibility index (Phi) is 2.28. The van der Waals surface area contributed by atoms with E-state index in [2.05, 4.69) is 4.42 Å². The van der Waals surface area contributed by atoms with E-state index in [0.29, 0.717) is 5.56 Å². The molecule has 4 nitrogen and oxygen atoms in total. The summed E-state index contributed by atoms with van der Waals surface area (Å²) in [6.45, 7) is 0.232. The smallest absolute Gasteiger partial charge is 0.339 e. The van der Waals surface area contributed by atoms with Crippen LogP contribution in [0.25, 0.3) is 0 Å². The highest BCUT2D eigenvalue weighted by molar-refractivity contribution is 5.26. The van der Waals surface area contributed by atoms with Gasteiger partial charge in [0.1, 0.15) is 12.0 Å². The Morgan fingerprint density at radius 2 is 2.45 bits per heavy atom. The Morgan fingerprint density at radius 3 is 3.00 bits per heavy atom. The third-order valence-corrected chi connectivity index (χ3v) is 1.20. The molecule has 1 heterocycles. The Hall–Kier alpha value is -1.29. The van der Waals surface area contributed by atoms with E-state index in [-0.39, 0.29) is 12.4 Å². The monoisotopic (exact) mass is 156 g/mol. The highest BCUT2D eigenvalue weighted by atomic mass is 16.5. The molecule has 0 bridgehead atoms. The SMILES string of the molecule is COCc1coc(=O)cc1O. The zero-order valence-corrected chi connectivity index (χ0v) is 6.03. The first-order valence-corrected chi connectivity index (χ1v) is 3.03. The fourth-order valence-corrected chi connectivity index (χ4v) is 0.691. The van der Waals surface area contributed by atoms with E-state index in [1.807, 2.05) is 0 Å². The predicted molar refractivity (Wildman–Crippen MR) is 37.4 cm³/mol. The van der Waals surface area contributed by atoms with Crippen LogP contribution in [0.2, 0.25) is 0 Å². The zero-order chi connectivity index (χ0) is 8.27. The van der Waals surface area contributed by atoms with Gasteiger partial charge in [-0.05, 0) is 0 Å². The quantitative estimate of drug-likeness (QED) is 0.677. The van der Waals surface area contributed by atoms with Crippen LogP contribution in [-0.4, -0.2) is 12.2 Å². The maximum absolute atomic E-state index is 10.5. The molecule has 60 valence electrons. The van der Waals surface area contributed by atoms with Crippen molar-refractivity contribution < 1.29 is 14.3 Å². The van der Waals surface area contributed by atoms with Gasteiger partial charge in [-0.1, -0.05) is 0 Å². The molecule has 0 saturated carbocycles. The lowest BCUT2D eigenvalue weighted by Crippen LogP contribution is -1.97. The van der Waals surface area contributed by atoms with Gasteiger partial charge in [-0.25, -0.2) is 4.79 Å². The summed E-state index contributed by atoms with van der Waals surface area (Å²) in [5, 5.41) is 9.08. The average molecular weight is 156 g/mol. The Bertz CT molecular complexity index is 289. The molecule has 0 aliphatic carbocycles. The summed E-state index contributed by atoms with van der Waals surface area (Å²) in [7, 11) is 1.49. The highest BCUT2D eigenvalue weighted by Crippen LogP contribution is 2.13. The largest absolute Gasteiger partial charge is 0.507 e. The van der Waals surface area contributed by atoms with Gasteiger partial charge in [0.2, 0.25) is 0 Å². The van der Waals surface area contributed by atoms with Crippen LogP contribution in [0.15, 0.2) is 21.5 Å². The first-order chi connectivity index (χ1) is 5.24. The summed E-state index contributed by atoms with van der Waals surface area (Å²) < 4.78 is 9.22. The van der Waals surface area contributed by atoms with Crippen molar-refractivity contribution in [3.05, 3.63) is 28.3 Å². The van der Waals surface area contributed by atoms with Crippen LogP contribution in [0, 0.1) is 0 Å². The number of rotatable bonds is 2. The van der Waals surface area contributed by atoms with Crippen molar-refractivity contribution in [2.45, 2.75) is 6.61 Å². The lowest BCUT2D eigenvalue weighted by atomic mass is 10.3. The van der Waals surface area contributed by atoms with E-state index in [9.17, 15) is 4.79 Å². The van der Waals surface area contributed by atoms with E-state index in [1.165, 1.54) is 13.4 Å². The minimum absolute atomic E-state index is 0.0944. The topological polar surface area (TPSA) is 59.7 Å². The molecule has 4 heteroatoms. The summed E-state index contributed by atoms with van der Waals surface area (Å²) in [5.41, 5.74) is -0.102. The molecular formula is C7H8O4. The summed E-state index contributed by atoms with van der Waals surface area (Å²) in [5.74, 6) is -0.0944. The van der Waals surface area contributed by atoms with Crippen LogP contribution >= 0.6 is 0 Å². The summed E-state index contributed by atoms with van der Waals surface area (Å²) in [6, 6.07) is 1.01. The van der Waals surface area contributed by atoms with Gasteiger partial charge in [0.25, 0.3) is 0 Å². The Labute approximate surface area is 63.0 Å². The van der Waals surface area contributed by atoms with Gasteiger partial charge < -0.3 is 14.3 Å². The molecule has 1 aromatic rings. The molecular weight excluding hydrogens is 148 g/mol. The summed E-state index contributed by atoms with van der Waals surface area (Å²) in [4.78, 5) is 10.5. The molecule has 0 amide bonds. The van der Waals surface area contributed by atoms with Crippen molar-refractivity contribution in [2.24, 2.45) is 0 Å². The molecule has 0 aromatic carbocycles. The number of hydrogen-bond acceptors (Lipinski definition) is 4. The number of ether oxygens (including phenoxy) is 1. The van der Waals surface area contributed by atoms with E-state index in [4.69, 9.17) is 9.84 Å². The van der Waals surface area contributed by atoms with Gasteiger partial charge in [-0.3, -0.25) is 0 Å². The van der Waals surface area contributed by atoms with Gasteiger partial charge in [-0.15, -0.1) is 0 Å². The van der Waals surface area contributed by atoms with Gasteiger partial charge in [-0.2, -0.15) is 0 Å². The fourth-order valence-electron chi connectivity index (χ4n) is 0.691. The first-order valence-electron chi connectivity index (χ1n) is 3.03. The molecule has 0 radical (unpaired) electrons. The molecule has 0 fully saturated rings. The lowest BCUT2D eigenvalue weighted by molar-refractivity contribution is 0.179. The third-order valence-electron chi connectivity index (χ3n) is 1.20. The van der Waals surface area contributed by atoms with Crippen LogP contribution in [0.4, 0.5) is 0 Å². The number of hydrogen-bond donors (Lipinski definition) is 1. The van der Waals surface area contributed by atoms with Crippen molar-refractivity contribution >= 4 is 0 Å². The molecule has 0 unspecified atom stereocenters. The van der Waals surface area contributed by atoms with Crippen LogP contribution in [-0.2, 0) is 11.3 Å². The fraction of sp³-hybridized carbons (Fsp3) is 0.286. The lowest BCUT2D eigenvalue weighted by Gasteiger charge is -1.99. The maximum atomic E-state index is 10.5. The molecule has 0 atom stereocenters. The molecule has 0 spiro atoms.